The molecule has 0 aliphatic heterocycles. The Kier molecular flexibility index (Phi) is 4.27. The Morgan fingerprint density at radius 2 is 1.94 bits per heavy atom. The Morgan fingerprint density at radius 3 is 2.70 bits per heavy atom. The van der Waals surface area contributed by atoms with Crippen molar-refractivity contribution in [3.8, 4) is 33.1 Å². The zero-order chi connectivity index (χ0) is 22.7. The Bertz CT molecular complexity index is 1680. The first-order valence-electron chi connectivity index (χ1n) is 10.4. The molecule has 0 aromatic carbocycles. The van der Waals surface area contributed by atoms with E-state index in [-0.39, 0.29) is 5.78 Å². The standard InChI is InChI=1S/C24H19N7OS/c1-12(32)21-4-5-22(33-21)17-9-25-10-19-15(17)7-18(28-19)23-16-6-14(8-27-24(16)30-29-23)20-11-26-13(2)31(20)3/h4-11,28H,1-3H3,(H,27,29,30). The van der Waals surface area contributed by atoms with E-state index in [2.05, 4.69) is 42.3 Å². The van der Waals surface area contributed by atoms with Crippen LogP contribution in [-0.4, -0.2) is 40.5 Å². The second kappa shape index (κ2) is 7.21. The van der Waals surface area contributed by atoms with Crippen LogP contribution in [0.25, 0.3) is 55.0 Å². The van der Waals surface area contributed by atoms with E-state index in [1.54, 1.807) is 6.92 Å². The number of H-pyrrole nitrogens is 2. The number of Topliss-reactive ketones (excluding diaryl/α,β-unsaturated/α-hetero) is 1. The molecule has 33 heavy (non-hydrogen) atoms. The van der Waals surface area contributed by atoms with Crippen molar-refractivity contribution in [2.45, 2.75) is 13.8 Å². The lowest BCUT2D eigenvalue weighted by Gasteiger charge is -2.04. The fraction of sp³-hybridized carbons (Fsp3) is 0.125. The van der Waals surface area contributed by atoms with Gasteiger partial charge < -0.3 is 9.55 Å². The number of rotatable bonds is 4. The van der Waals surface area contributed by atoms with E-state index >= 15 is 0 Å². The molecule has 6 rings (SSSR count). The number of hydrogen-bond acceptors (Lipinski definition) is 6. The minimum absolute atomic E-state index is 0.0667. The van der Waals surface area contributed by atoms with E-state index in [0.717, 1.165) is 60.1 Å². The van der Waals surface area contributed by atoms with Crippen LogP contribution in [0.15, 0.2) is 49.1 Å². The van der Waals surface area contributed by atoms with Crippen LogP contribution in [0, 0.1) is 6.92 Å². The van der Waals surface area contributed by atoms with Crippen LogP contribution in [-0.2, 0) is 7.05 Å². The third-order valence-corrected chi connectivity index (χ3v) is 7.18. The average molecular weight is 454 g/mol. The van der Waals surface area contributed by atoms with Crippen LogP contribution in [0.4, 0.5) is 0 Å². The summed E-state index contributed by atoms with van der Waals surface area (Å²) in [5.74, 6) is 1.01. The van der Waals surface area contributed by atoms with Gasteiger partial charge in [0, 0.05) is 46.2 Å². The van der Waals surface area contributed by atoms with E-state index < -0.39 is 0 Å². The lowest BCUT2D eigenvalue weighted by atomic mass is 10.1. The fourth-order valence-electron chi connectivity index (χ4n) is 4.07. The van der Waals surface area contributed by atoms with Crippen molar-refractivity contribution in [1.82, 2.24) is 34.7 Å². The van der Waals surface area contributed by atoms with Gasteiger partial charge >= 0.3 is 0 Å². The number of nitrogens with zero attached hydrogens (tertiary/aromatic N) is 5. The molecule has 6 aromatic heterocycles. The van der Waals surface area contributed by atoms with Gasteiger partial charge in [0.1, 0.15) is 5.82 Å². The van der Waals surface area contributed by atoms with Crippen molar-refractivity contribution in [3.05, 3.63) is 59.8 Å². The largest absolute Gasteiger partial charge is 0.352 e. The highest BCUT2D eigenvalue weighted by molar-refractivity contribution is 7.17. The smallest absolute Gasteiger partial charge is 0.181 e. The van der Waals surface area contributed by atoms with Crippen molar-refractivity contribution >= 4 is 39.1 Å². The molecule has 6 aromatic rings. The molecule has 6 heterocycles. The van der Waals surface area contributed by atoms with Crippen molar-refractivity contribution < 1.29 is 4.79 Å². The average Bonchev–Trinajstić information content (AvgIpc) is 3.59. The highest BCUT2D eigenvalue weighted by Crippen LogP contribution is 2.36. The molecule has 0 unspecified atom stereocenters. The van der Waals surface area contributed by atoms with Gasteiger partial charge in [-0.15, -0.1) is 11.3 Å². The Labute approximate surface area is 192 Å². The van der Waals surface area contributed by atoms with Crippen LogP contribution in [0.2, 0.25) is 0 Å². The molecule has 0 fully saturated rings. The second-order valence-corrected chi connectivity index (χ2v) is 9.08. The SMILES string of the molecule is CC(=O)c1ccc(-c2cncc3[nH]c(-c4[nH]nc5ncc(-c6cnc(C)n6C)cc45)cc23)s1. The number of fused-ring (bicyclic) bond motifs is 2. The molecule has 0 atom stereocenters. The van der Waals surface area contributed by atoms with Crippen LogP contribution in [0.5, 0.6) is 0 Å². The zero-order valence-electron chi connectivity index (χ0n) is 18.2. The molecule has 2 N–H and O–H groups in total. The summed E-state index contributed by atoms with van der Waals surface area (Å²) in [4.78, 5) is 30.3. The predicted molar refractivity (Wildman–Crippen MR) is 129 cm³/mol. The van der Waals surface area contributed by atoms with Crippen molar-refractivity contribution in [2.75, 3.05) is 0 Å². The number of pyridine rings is 2. The summed E-state index contributed by atoms with van der Waals surface area (Å²) in [5, 5.41) is 9.49. The van der Waals surface area contributed by atoms with E-state index in [9.17, 15) is 4.79 Å². The number of hydrogen-bond donors (Lipinski definition) is 2. The Morgan fingerprint density at radius 1 is 1.06 bits per heavy atom. The summed E-state index contributed by atoms with van der Waals surface area (Å²) in [6.45, 7) is 3.56. The normalized spacial score (nSPS) is 11.6. The first-order valence-corrected chi connectivity index (χ1v) is 11.2. The number of thiophene rings is 1. The molecule has 0 aliphatic carbocycles. The maximum Gasteiger partial charge on any atom is 0.181 e. The van der Waals surface area contributed by atoms with Crippen LogP contribution < -0.4 is 0 Å². The molecule has 162 valence electrons. The number of carbonyl (C=O) groups is 1. The minimum atomic E-state index is 0.0667. The van der Waals surface area contributed by atoms with Crippen molar-refractivity contribution in [2.24, 2.45) is 7.05 Å². The van der Waals surface area contributed by atoms with Gasteiger partial charge in [-0.2, -0.15) is 5.10 Å². The number of aromatic amines is 2. The Balaban J connectivity index is 1.49. The fourth-order valence-corrected chi connectivity index (χ4v) is 4.99. The third kappa shape index (κ3) is 3.08. The molecule has 0 spiro atoms. The Hall–Kier alpha value is -4.11. The molecule has 0 radical (unpaired) electrons. The number of nitrogens with one attached hydrogen (secondary N) is 2. The minimum Gasteiger partial charge on any atom is -0.352 e. The molecule has 0 aliphatic rings. The summed E-state index contributed by atoms with van der Waals surface area (Å²) < 4.78 is 2.04. The monoisotopic (exact) mass is 453 g/mol. The van der Waals surface area contributed by atoms with Gasteiger partial charge in [-0.1, -0.05) is 0 Å². The van der Waals surface area contributed by atoms with Gasteiger partial charge in [-0.3, -0.25) is 14.9 Å². The lowest BCUT2D eigenvalue weighted by Crippen LogP contribution is -1.94. The summed E-state index contributed by atoms with van der Waals surface area (Å²) in [6.07, 6.45) is 7.32. The molecule has 8 nitrogen and oxygen atoms in total. The summed E-state index contributed by atoms with van der Waals surface area (Å²) in [6, 6.07) is 8.01. The summed E-state index contributed by atoms with van der Waals surface area (Å²) in [5.41, 5.74) is 6.27. The zero-order valence-corrected chi connectivity index (χ0v) is 19.0. The third-order valence-electron chi connectivity index (χ3n) is 5.96. The van der Waals surface area contributed by atoms with E-state index in [1.165, 1.54) is 11.3 Å². The number of aryl methyl sites for hydroxylation is 1. The first-order chi connectivity index (χ1) is 16.0. The molecular formula is C24H19N7OS. The number of ketones is 1. The summed E-state index contributed by atoms with van der Waals surface area (Å²) >= 11 is 1.48. The van der Waals surface area contributed by atoms with Gasteiger partial charge in [-0.25, -0.2) is 9.97 Å². The highest BCUT2D eigenvalue weighted by atomic mass is 32.1. The van der Waals surface area contributed by atoms with E-state index in [4.69, 9.17) is 0 Å². The molecule has 0 saturated heterocycles. The topological polar surface area (TPSA) is 105 Å². The van der Waals surface area contributed by atoms with E-state index in [0.29, 0.717) is 5.65 Å². The maximum atomic E-state index is 11.8. The van der Waals surface area contributed by atoms with Gasteiger partial charge in [0.2, 0.25) is 0 Å². The van der Waals surface area contributed by atoms with Gasteiger partial charge in [0.05, 0.1) is 39.9 Å². The second-order valence-electron chi connectivity index (χ2n) is 7.99. The number of aromatic nitrogens is 7. The van der Waals surface area contributed by atoms with Crippen LogP contribution in [0.3, 0.4) is 0 Å². The quantitative estimate of drug-likeness (QED) is 0.360. The van der Waals surface area contributed by atoms with Crippen molar-refractivity contribution in [3.63, 3.8) is 0 Å². The van der Waals surface area contributed by atoms with E-state index in [1.807, 2.05) is 55.5 Å². The molecular weight excluding hydrogens is 434 g/mol. The molecule has 0 bridgehead atoms. The van der Waals surface area contributed by atoms with Crippen molar-refractivity contribution in [1.29, 1.82) is 0 Å². The highest BCUT2D eigenvalue weighted by Gasteiger charge is 2.17. The lowest BCUT2D eigenvalue weighted by molar-refractivity contribution is 0.102. The maximum absolute atomic E-state index is 11.8. The molecule has 9 heteroatoms. The van der Waals surface area contributed by atoms with Gasteiger partial charge in [0.15, 0.2) is 11.4 Å². The van der Waals surface area contributed by atoms with Gasteiger partial charge in [-0.05, 0) is 38.1 Å². The molecule has 0 amide bonds. The predicted octanol–water partition coefficient (Wildman–Crippen LogP) is 5.14. The molecule has 0 saturated carbocycles. The number of carbonyl (C=O) groups excluding carboxylic acids is 1. The number of imidazole rings is 1. The van der Waals surface area contributed by atoms with Gasteiger partial charge in [0.25, 0.3) is 0 Å². The van der Waals surface area contributed by atoms with Crippen LogP contribution in [0.1, 0.15) is 22.4 Å². The first kappa shape index (κ1) is 19.6. The van der Waals surface area contributed by atoms with Crippen LogP contribution >= 0.6 is 11.3 Å². The summed E-state index contributed by atoms with van der Waals surface area (Å²) in [7, 11) is 1.99.